The van der Waals surface area contributed by atoms with E-state index in [2.05, 4.69) is 6.92 Å². The van der Waals surface area contributed by atoms with Crippen molar-refractivity contribution in [1.29, 1.82) is 0 Å². The quantitative estimate of drug-likeness (QED) is 0.480. The van der Waals surface area contributed by atoms with Crippen LogP contribution in [0, 0.1) is 23.2 Å². The van der Waals surface area contributed by atoms with Gasteiger partial charge in [0.15, 0.2) is 0 Å². The highest BCUT2D eigenvalue weighted by Gasteiger charge is 2.62. The molecule has 3 aliphatic rings. The van der Waals surface area contributed by atoms with Crippen molar-refractivity contribution in [1.82, 2.24) is 0 Å². The Kier molecular flexibility index (Phi) is 0.810. The molecular weight excluding hydrogens is 120 g/mol. The van der Waals surface area contributed by atoms with Gasteiger partial charge in [-0.1, -0.05) is 6.92 Å². The van der Waals surface area contributed by atoms with Gasteiger partial charge in [0.2, 0.25) is 0 Å². The van der Waals surface area contributed by atoms with Crippen molar-refractivity contribution in [3.63, 3.8) is 0 Å². The molecule has 3 fully saturated rings. The van der Waals surface area contributed by atoms with Crippen molar-refractivity contribution >= 4 is 0 Å². The van der Waals surface area contributed by atoms with Gasteiger partial charge in [-0.2, -0.15) is 0 Å². The summed E-state index contributed by atoms with van der Waals surface area (Å²) in [5.41, 5.74) is 0.942. The molecule has 1 spiro atoms. The minimum Gasteiger partial charge on any atom is -0.0622 e. The first kappa shape index (κ1) is 5.62. The van der Waals surface area contributed by atoms with Crippen LogP contribution in [0.1, 0.15) is 39.0 Å². The van der Waals surface area contributed by atoms with Crippen molar-refractivity contribution in [3.8, 4) is 0 Å². The van der Waals surface area contributed by atoms with E-state index < -0.39 is 0 Å². The van der Waals surface area contributed by atoms with Gasteiger partial charge < -0.3 is 0 Å². The van der Waals surface area contributed by atoms with E-state index in [1.807, 2.05) is 0 Å². The van der Waals surface area contributed by atoms with Crippen LogP contribution in [0.4, 0.5) is 0 Å². The van der Waals surface area contributed by atoms with Gasteiger partial charge in [0.05, 0.1) is 0 Å². The van der Waals surface area contributed by atoms with Crippen LogP contribution in [0.5, 0.6) is 0 Å². The van der Waals surface area contributed by atoms with Crippen molar-refractivity contribution in [2.75, 3.05) is 0 Å². The summed E-state index contributed by atoms with van der Waals surface area (Å²) < 4.78 is 0. The molecule has 2 bridgehead atoms. The summed E-state index contributed by atoms with van der Waals surface area (Å²) in [7, 11) is 0. The average molecular weight is 136 g/mol. The van der Waals surface area contributed by atoms with E-state index in [-0.39, 0.29) is 0 Å². The van der Waals surface area contributed by atoms with Crippen LogP contribution in [0.3, 0.4) is 0 Å². The molecule has 3 rings (SSSR count). The summed E-state index contributed by atoms with van der Waals surface area (Å²) in [4.78, 5) is 0. The maximum atomic E-state index is 2.46. The summed E-state index contributed by atoms with van der Waals surface area (Å²) in [5.74, 6) is 3.41. The standard InChI is InChI=1S/C10H16/c1-7-2-3-10-5-8(7)4-9(10)6-10/h7-9H,2-6H2,1H3. The smallest absolute Gasteiger partial charge is 0.0263 e. The number of rotatable bonds is 0. The molecule has 0 N–H and O–H groups in total. The summed E-state index contributed by atoms with van der Waals surface area (Å²) in [6.07, 6.45) is 7.94. The maximum absolute atomic E-state index is 2.46. The Bertz CT molecular complexity index is 173. The van der Waals surface area contributed by atoms with Gasteiger partial charge in [0.1, 0.15) is 0 Å². The number of fused-ring (bicyclic) bond motifs is 1. The number of hydrogen-bond acceptors (Lipinski definition) is 0. The number of hydrogen-bond donors (Lipinski definition) is 0. The molecular formula is C10H16. The molecule has 0 radical (unpaired) electrons. The lowest BCUT2D eigenvalue weighted by Crippen LogP contribution is -2.18. The van der Waals surface area contributed by atoms with E-state index in [4.69, 9.17) is 0 Å². The van der Waals surface area contributed by atoms with E-state index >= 15 is 0 Å². The molecule has 0 nitrogen and oxygen atoms in total. The molecule has 4 atom stereocenters. The third kappa shape index (κ3) is 0.500. The molecule has 0 aromatic heterocycles. The van der Waals surface area contributed by atoms with E-state index in [1.54, 1.807) is 32.1 Å². The molecule has 0 saturated heterocycles. The first-order valence-corrected chi connectivity index (χ1v) is 4.80. The Morgan fingerprint density at radius 3 is 3.00 bits per heavy atom. The van der Waals surface area contributed by atoms with Crippen molar-refractivity contribution < 1.29 is 0 Å². The van der Waals surface area contributed by atoms with Gasteiger partial charge in [-0.25, -0.2) is 0 Å². The highest BCUT2D eigenvalue weighted by Crippen LogP contribution is 2.71. The Balaban J connectivity index is 1.90. The van der Waals surface area contributed by atoms with Crippen LogP contribution in [0.2, 0.25) is 0 Å². The lowest BCUT2D eigenvalue weighted by molar-refractivity contribution is 0.220. The van der Waals surface area contributed by atoms with Gasteiger partial charge in [-0.15, -0.1) is 0 Å². The summed E-state index contributed by atoms with van der Waals surface area (Å²) >= 11 is 0. The Morgan fingerprint density at radius 2 is 2.20 bits per heavy atom. The van der Waals surface area contributed by atoms with Gasteiger partial charge in [-0.05, 0) is 55.3 Å². The summed E-state index contributed by atoms with van der Waals surface area (Å²) in [6.45, 7) is 2.46. The third-order valence-electron chi connectivity index (χ3n) is 4.52. The molecule has 56 valence electrons. The molecule has 0 heterocycles. The molecule has 3 saturated carbocycles. The lowest BCUT2D eigenvalue weighted by atomic mass is 9.77. The van der Waals surface area contributed by atoms with Crippen LogP contribution in [0.25, 0.3) is 0 Å². The average Bonchev–Trinajstić information content (AvgIpc) is 2.49. The van der Waals surface area contributed by atoms with E-state index in [0.29, 0.717) is 0 Å². The van der Waals surface area contributed by atoms with Gasteiger partial charge >= 0.3 is 0 Å². The first-order valence-electron chi connectivity index (χ1n) is 4.80. The molecule has 0 aromatic carbocycles. The molecule has 0 aliphatic heterocycles. The zero-order chi connectivity index (χ0) is 6.77. The normalized spacial score (nSPS) is 63.9. The highest BCUT2D eigenvalue weighted by atomic mass is 14.7. The fraction of sp³-hybridized carbons (Fsp3) is 1.00. The third-order valence-corrected chi connectivity index (χ3v) is 4.52. The fourth-order valence-electron chi connectivity index (χ4n) is 3.58. The monoisotopic (exact) mass is 136 g/mol. The Labute approximate surface area is 63.0 Å². The van der Waals surface area contributed by atoms with Crippen molar-refractivity contribution in [2.45, 2.75) is 39.0 Å². The summed E-state index contributed by atoms with van der Waals surface area (Å²) in [5, 5.41) is 0. The second kappa shape index (κ2) is 1.44. The maximum Gasteiger partial charge on any atom is -0.0263 e. The molecule has 0 amide bonds. The predicted octanol–water partition coefficient (Wildman–Crippen LogP) is 2.83. The Hall–Kier alpha value is 0. The minimum atomic E-state index is 0.942. The fourth-order valence-corrected chi connectivity index (χ4v) is 3.58. The molecule has 4 unspecified atom stereocenters. The van der Waals surface area contributed by atoms with Crippen LogP contribution < -0.4 is 0 Å². The molecule has 10 heavy (non-hydrogen) atoms. The first-order chi connectivity index (χ1) is 4.80. The second-order valence-electron chi connectivity index (χ2n) is 4.98. The van der Waals surface area contributed by atoms with Gasteiger partial charge in [0, 0.05) is 0 Å². The molecule has 0 heteroatoms. The van der Waals surface area contributed by atoms with Crippen molar-refractivity contribution in [2.24, 2.45) is 23.2 Å². The van der Waals surface area contributed by atoms with Gasteiger partial charge in [0.25, 0.3) is 0 Å². The van der Waals surface area contributed by atoms with E-state index in [1.165, 1.54) is 5.92 Å². The van der Waals surface area contributed by atoms with Crippen LogP contribution >= 0.6 is 0 Å². The van der Waals surface area contributed by atoms with E-state index in [0.717, 1.165) is 17.3 Å². The molecule has 3 aliphatic carbocycles. The zero-order valence-electron chi connectivity index (χ0n) is 6.77. The predicted molar refractivity (Wildman–Crippen MR) is 41.7 cm³/mol. The van der Waals surface area contributed by atoms with E-state index in [9.17, 15) is 0 Å². The van der Waals surface area contributed by atoms with Crippen molar-refractivity contribution in [3.05, 3.63) is 0 Å². The Morgan fingerprint density at radius 1 is 1.30 bits per heavy atom. The highest BCUT2D eigenvalue weighted by molar-refractivity contribution is 5.12. The van der Waals surface area contributed by atoms with Crippen LogP contribution in [-0.4, -0.2) is 0 Å². The largest absolute Gasteiger partial charge is 0.0622 e. The van der Waals surface area contributed by atoms with Crippen LogP contribution in [0.15, 0.2) is 0 Å². The minimum absolute atomic E-state index is 0.942. The zero-order valence-corrected chi connectivity index (χ0v) is 6.77. The second-order valence-corrected chi connectivity index (χ2v) is 4.98. The van der Waals surface area contributed by atoms with Crippen LogP contribution in [-0.2, 0) is 0 Å². The molecule has 0 aromatic rings. The summed E-state index contributed by atoms with van der Waals surface area (Å²) in [6, 6.07) is 0. The van der Waals surface area contributed by atoms with Gasteiger partial charge in [-0.3, -0.25) is 0 Å². The topological polar surface area (TPSA) is 0 Å². The SMILES string of the molecule is CC1CCC23CC1CC2C3. The lowest BCUT2D eigenvalue weighted by Gasteiger charge is -2.29.